The molecular weight excluding hydrogens is 426 g/mol. The molecule has 0 saturated heterocycles. The standard InChI is InChI=1S/C29H19NO4/c31-28(32)19-11-9-18(10-12-19)25-14-13-22(29(33)34)16-27(25)30-17-26-23-7-3-1-5-20(23)15-21-6-2-4-8-24(21)26/h1-17H,(H,31,32)(H,33,34). The molecule has 0 atom stereocenters. The predicted octanol–water partition coefficient (Wildman–Crippen LogP) is 6.81. The summed E-state index contributed by atoms with van der Waals surface area (Å²) in [6.07, 6.45) is 1.78. The molecule has 0 unspecified atom stereocenters. The summed E-state index contributed by atoms with van der Waals surface area (Å²) >= 11 is 0. The van der Waals surface area contributed by atoms with Gasteiger partial charge in [0.2, 0.25) is 0 Å². The Balaban J connectivity index is 1.69. The maximum Gasteiger partial charge on any atom is 0.335 e. The molecule has 0 aliphatic heterocycles. The number of benzene rings is 5. The highest BCUT2D eigenvalue weighted by molar-refractivity contribution is 6.14. The smallest absolute Gasteiger partial charge is 0.335 e. The van der Waals surface area contributed by atoms with E-state index in [9.17, 15) is 19.8 Å². The van der Waals surface area contributed by atoms with Gasteiger partial charge >= 0.3 is 11.9 Å². The number of carboxylic acids is 2. The highest BCUT2D eigenvalue weighted by Gasteiger charge is 2.12. The number of nitrogens with zero attached hydrogens (tertiary/aromatic N) is 1. The van der Waals surface area contributed by atoms with Gasteiger partial charge < -0.3 is 10.2 Å². The molecule has 5 nitrogen and oxygen atoms in total. The highest BCUT2D eigenvalue weighted by Crippen LogP contribution is 2.33. The highest BCUT2D eigenvalue weighted by atomic mass is 16.4. The Kier molecular flexibility index (Phi) is 5.36. The molecule has 0 radical (unpaired) electrons. The lowest BCUT2D eigenvalue weighted by molar-refractivity contribution is 0.0686. The second-order valence-corrected chi connectivity index (χ2v) is 7.91. The average molecular weight is 445 g/mol. The normalized spacial score (nSPS) is 11.3. The number of rotatable bonds is 5. The Bertz CT molecular complexity index is 1550. The van der Waals surface area contributed by atoms with Crippen LogP contribution < -0.4 is 0 Å². The molecule has 0 spiro atoms. The van der Waals surface area contributed by atoms with Crippen molar-refractivity contribution in [2.45, 2.75) is 0 Å². The van der Waals surface area contributed by atoms with Crippen LogP contribution in [-0.2, 0) is 0 Å². The molecule has 164 valence electrons. The quantitative estimate of drug-likeness (QED) is 0.230. The van der Waals surface area contributed by atoms with E-state index in [-0.39, 0.29) is 11.1 Å². The van der Waals surface area contributed by atoms with Crippen LogP contribution in [0.3, 0.4) is 0 Å². The van der Waals surface area contributed by atoms with Crippen molar-refractivity contribution in [1.29, 1.82) is 0 Å². The first-order valence-electron chi connectivity index (χ1n) is 10.7. The minimum atomic E-state index is -1.04. The molecule has 0 aliphatic carbocycles. The van der Waals surface area contributed by atoms with Gasteiger partial charge in [-0.05, 0) is 57.4 Å². The van der Waals surface area contributed by atoms with E-state index in [1.165, 1.54) is 24.3 Å². The number of carboxylic acid groups (broad SMARTS) is 2. The number of carbonyl (C=O) groups is 2. The van der Waals surface area contributed by atoms with Gasteiger partial charge in [-0.25, -0.2) is 9.59 Å². The molecule has 0 aromatic heterocycles. The zero-order valence-corrected chi connectivity index (χ0v) is 18.0. The zero-order chi connectivity index (χ0) is 23.7. The maximum absolute atomic E-state index is 11.6. The van der Waals surface area contributed by atoms with Gasteiger partial charge in [0.15, 0.2) is 0 Å². The van der Waals surface area contributed by atoms with Crippen molar-refractivity contribution in [3.63, 3.8) is 0 Å². The molecule has 0 saturated carbocycles. The van der Waals surface area contributed by atoms with Gasteiger partial charge in [0.1, 0.15) is 0 Å². The third kappa shape index (κ3) is 3.91. The molecule has 0 fully saturated rings. The summed E-state index contributed by atoms with van der Waals surface area (Å²) in [4.78, 5) is 27.6. The fourth-order valence-corrected chi connectivity index (χ4v) is 4.13. The van der Waals surface area contributed by atoms with E-state index < -0.39 is 11.9 Å². The second-order valence-electron chi connectivity index (χ2n) is 7.91. The van der Waals surface area contributed by atoms with Crippen molar-refractivity contribution in [2.75, 3.05) is 0 Å². The van der Waals surface area contributed by atoms with Crippen molar-refractivity contribution < 1.29 is 19.8 Å². The number of hydrogen-bond donors (Lipinski definition) is 2. The molecule has 5 rings (SSSR count). The fraction of sp³-hybridized carbons (Fsp3) is 0. The summed E-state index contributed by atoms with van der Waals surface area (Å²) < 4.78 is 0. The number of hydrogen-bond acceptors (Lipinski definition) is 3. The van der Waals surface area contributed by atoms with Crippen LogP contribution in [0.2, 0.25) is 0 Å². The zero-order valence-electron chi connectivity index (χ0n) is 18.0. The van der Waals surface area contributed by atoms with Crippen LogP contribution in [-0.4, -0.2) is 28.4 Å². The maximum atomic E-state index is 11.6. The summed E-state index contributed by atoms with van der Waals surface area (Å²) in [6, 6.07) is 29.5. The minimum Gasteiger partial charge on any atom is -0.478 e. The third-order valence-corrected chi connectivity index (χ3v) is 5.83. The van der Waals surface area contributed by atoms with Gasteiger partial charge in [-0.3, -0.25) is 4.99 Å². The van der Waals surface area contributed by atoms with E-state index >= 15 is 0 Å². The summed E-state index contributed by atoms with van der Waals surface area (Å²) in [5.41, 5.74) is 3.19. The third-order valence-electron chi connectivity index (χ3n) is 5.83. The van der Waals surface area contributed by atoms with Gasteiger partial charge in [-0.1, -0.05) is 66.7 Å². The Morgan fingerprint density at radius 3 is 1.79 bits per heavy atom. The van der Waals surface area contributed by atoms with Crippen LogP contribution in [0.4, 0.5) is 5.69 Å². The molecule has 0 amide bonds. The van der Waals surface area contributed by atoms with Gasteiger partial charge in [0.25, 0.3) is 0 Å². The molecule has 5 heteroatoms. The summed E-state index contributed by atoms with van der Waals surface area (Å²) in [7, 11) is 0. The lowest BCUT2D eigenvalue weighted by atomic mass is 9.97. The monoisotopic (exact) mass is 445 g/mol. The number of aromatic carboxylic acids is 2. The van der Waals surface area contributed by atoms with Gasteiger partial charge in [-0.2, -0.15) is 0 Å². The topological polar surface area (TPSA) is 87.0 Å². The number of fused-ring (bicyclic) bond motifs is 2. The molecule has 0 aliphatic rings. The van der Waals surface area contributed by atoms with Gasteiger partial charge in [-0.15, -0.1) is 0 Å². The van der Waals surface area contributed by atoms with Crippen LogP contribution in [0.1, 0.15) is 26.3 Å². The van der Waals surface area contributed by atoms with Crippen molar-refractivity contribution in [3.05, 3.63) is 114 Å². The van der Waals surface area contributed by atoms with E-state index in [2.05, 4.69) is 18.2 Å². The molecule has 0 bridgehead atoms. The summed E-state index contributed by atoms with van der Waals surface area (Å²) in [5, 5.41) is 23.0. The van der Waals surface area contributed by atoms with Crippen LogP contribution >= 0.6 is 0 Å². The average Bonchev–Trinajstić information content (AvgIpc) is 2.86. The van der Waals surface area contributed by atoms with Crippen molar-refractivity contribution >= 4 is 45.4 Å². The molecule has 2 N–H and O–H groups in total. The van der Waals surface area contributed by atoms with E-state index in [0.29, 0.717) is 11.3 Å². The molecule has 5 aromatic carbocycles. The molecule has 0 heterocycles. The van der Waals surface area contributed by atoms with E-state index in [4.69, 9.17) is 4.99 Å². The van der Waals surface area contributed by atoms with E-state index in [1.807, 2.05) is 36.4 Å². The Morgan fingerprint density at radius 2 is 1.21 bits per heavy atom. The molecular formula is C29H19NO4. The predicted molar refractivity (Wildman–Crippen MR) is 135 cm³/mol. The SMILES string of the molecule is O=C(O)c1ccc(-c2ccc(C(=O)O)cc2N=Cc2c3ccccc3cc3ccccc23)cc1. The lowest BCUT2D eigenvalue weighted by Gasteiger charge is -2.10. The van der Waals surface area contributed by atoms with Crippen LogP contribution in [0, 0.1) is 0 Å². The Labute approximate surface area is 195 Å². The molecule has 5 aromatic rings. The largest absolute Gasteiger partial charge is 0.478 e. The number of aliphatic imine (C=N–C) groups is 1. The van der Waals surface area contributed by atoms with Crippen molar-refractivity contribution in [2.24, 2.45) is 4.99 Å². The first-order valence-corrected chi connectivity index (χ1v) is 10.7. The van der Waals surface area contributed by atoms with E-state index in [0.717, 1.165) is 32.7 Å². The van der Waals surface area contributed by atoms with Crippen LogP contribution in [0.15, 0.2) is 102 Å². The van der Waals surface area contributed by atoms with Crippen molar-refractivity contribution in [3.8, 4) is 11.1 Å². The van der Waals surface area contributed by atoms with Crippen molar-refractivity contribution in [1.82, 2.24) is 0 Å². The lowest BCUT2D eigenvalue weighted by Crippen LogP contribution is -1.97. The van der Waals surface area contributed by atoms with Crippen LogP contribution in [0.5, 0.6) is 0 Å². The minimum absolute atomic E-state index is 0.126. The summed E-state index contributed by atoms with van der Waals surface area (Å²) in [5.74, 6) is -2.05. The van der Waals surface area contributed by atoms with E-state index in [1.54, 1.807) is 24.4 Å². The Morgan fingerprint density at radius 1 is 0.647 bits per heavy atom. The second kappa shape index (κ2) is 8.64. The van der Waals surface area contributed by atoms with Gasteiger partial charge in [0, 0.05) is 17.3 Å². The molecule has 34 heavy (non-hydrogen) atoms. The first-order chi connectivity index (χ1) is 16.5. The van der Waals surface area contributed by atoms with Gasteiger partial charge in [0.05, 0.1) is 16.8 Å². The fourth-order valence-electron chi connectivity index (χ4n) is 4.13. The Hall–Kier alpha value is -4.77. The first kappa shape index (κ1) is 21.1. The van der Waals surface area contributed by atoms with Crippen LogP contribution in [0.25, 0.3) is 32.7 Å². The summed E-state index contributed by atoms with van der Waals surface area (Å²) in [6.45, 7) is 0.